The van der Waals surface area contributed by atoms with Crippen LogP contribution in [0.5, 0.6) is 0 Å². The summed E-state index contributed by atoms with van der Waals surface area (Å²) in [5, 5.41) is 6.09. The number of nitrogens with one attached hydrogen (secondary N) is 2. The highest BCUT2D eigenvalue weighted by atomic mass is 32.1. The number of benzene rings is 1. The minimum Gasteiger partial charge on any atom is -0.331 e. The Hall–Kier alpha value is -2.74. The molecule has 7 nitrogen and oxygen atoms in total. The van der Waals surface area contributed by atoms with Gasteiger partial charge >= 0.3 is 0 Å². The lowest BCUT2D eigenvalue weighted by atomic mass is 10.0. The summed E-state index contributed by atoms with van der Waals surface area (Å²) in [4.78, 5) is 43.5. The molecule has 2 aromatic rings. The lowest BCUT2D eigenvalue weighted by Crippen LogP contribution is -2.34. The van der Waals surface area contributed by atoms with Gasteiger partial charge in [0.15, 0.2) is 5.13 Å². The molecule has 2 heterocycles. The Morgan fingerprint density at radius 1 is 1.21 bits per heavy atom. The van der Waals surface area contributed by atoms with Gasteiger partial charge in [-0.25, -0.2) is 4.98 Å². The number of carbonyl (C=O) groups is 3. The Bertz CT molecular complexity index is 1030. The number of nitrogens with zero attached hydrogens (tertiary/aromatic N) is 2. The zero-order chi connectivity index (χ0) is 20.9. The normalized spacial score (nSPS) is 16.6. The molecule has 0 bridgehead atoms. The molecule has 1 aliphatic heterocycles. The van der Waals surface area contributed by atoms with Gasteiger partial charge in [0, 0.05) is 26.4 Å². The van der Waals surface area contributed by atoms with E-state index >= 15 is 0 Å². The molecule has 1 aromatic carbocycles. The van der Waals surface area contributed by atoms with Crippen LogP contribution in [0.1, 0.15) is 55.2 Å². The van der Waals surface area contributed by atoms with Crippen molar-refractivity contribution in [2.24, 2.45) is 5.92 Å². The van der Waals surface area contributed by atoms with Crippen molar-refractivity contribution in [3.05, 3.63) is 29.0 Å². The van der Waals surface area contributed by atoms with E-state index in [1.807, 2.05) is 24.0 Å². The molecule has 29 heavy (non-hydrogen) atoms. The van der Waals surface area contributed by atoms with Gasteiger partial charge in [0.1, 0.15) is 0 Å². The predicted molar refractivity (Wildman–Crippen MR) is 113 cm³/mol. The Balaban J connectivity index is 1.76. The van der Waals surface area contributed by atoms with Gasteiger partial charge in [-0.2, -0.15) is 0 Å². The fourth-order valence-corrected chi connectivity index (χ4v) is 4.93. The smallest absolute Gasteiger partial charge is 0.256 e. The number of amides is 3. The summed E-state index contributed by atoms with van der Waals surface area (Å²) in [6, 6.07) is 4.04. The summed E-state index contributed by atoms with van der Waals surface area (Å²) in [6.07, 6.45) is 2.33. The van der Waals surface area contributed by atoms with Gasteiger partial charge in [-0.1, -0.05) is 11.3 Å². The van der Waals surface area contributed by atoms with E-state index < -0.39 is 0 Å². The maximum Gasteiger partial charge on any atom is 0.256 e. The molecule has 8 heteroatoms. The fourth-order valence-electron chi connectivity index (χ4n) is 3.93. The van der Waals surface area contributed by atoms with Crippen LogP contribution in [0.25, 0.3) is 10.4 Å². The van der Waals surface area contributed by atoms with Crippen molar-refractivity contribution in [3.8, 4) is 10.4 Å². The third-order valence-electron chi connectivity index (χ3n) is 5.48. The second-order valence-electron chi connectivity index (χ2n) is 7.86. The molecule has 1 aliphatic carbocycles. The van der Waals surface area contributed by atoms with Gasteiger partial charge in [0.05, 0.1) is 21.8 Å². The van der Waals surface area contributed by atoms with Crippen molar-refractivity contribution >= 4 is 39.9 Å². The highest BCUT2D eigenvalue weighted by molar-refractivity contribution is 7.19. The molecule has 4 rings (SSSR count). The van der Waals surface area contributed by atoms with Gasteiger partial charge in [0.25, 0.3) is 5.91 Å². The summed E-state index contributed by atoms with van der Waals surface area (Å²) in [5.41, 5.74) is 3.71. The number of aryl methyl sites for hydroxylation is 1. The average molecular weight is 413 g/mol. The monoisotopic (exact) mass is 412 g/mol. The summed E-state index contributed by atoms with van der Waals surface area (Å²) in [7, 11) is 0. The second-order valence-corrected chi connectivity index (χ2v) is 8.86. The summed E-state index contributed by atoms with van der Waals surface area (Å²) in [6.45, 7) is 7.42. The molecule has 152 valence electrons. The van der Waals surface area contributed by atoms with Crippen molar-refractivity contribution in [3.63, 3.8) is 0 Å². The molecule has 1 fully saturated rings. The van der Waals surface area contributed by atoms with Crippen LogP contribution >= 0.6 is 11.3 Å². The van der Waals surface area contributed by atoms with Gasteiger partial charge in [-0.05, 0) is 55.9 Å². The van der Waals surface area contributed by atoms with Crippen LogP contribution in [-0.4, -0.2) is 33.6 Å². The average Bonchev–Trinajstić information content (AvgIpc) is 3.33. The van der Waals surface area contributed by atoms with Gasteiger partial charge in [-0.15, -0.1) is 0 Å². The zero-order valence-electron chi connectivity index (χ0n) is 17.0. The largest absolute Gasteiger partial charge is 0.331 e. The molecular weight excluding hydrogens is 388 g/mol. The van der Waals surface area contributed by atoms with Crippen LogP contribution in [0, 0.1) is 12.8 Å². The van der Waals surface area contributed by atoms with Crippen LogP contribution in [0.2, 0.25) is 0 Å². The SMILES string of the molecule is CC(=O)Nc1nc(C)c(-c2cc3c(c(NC(C)=O)c2)C(=O)N([C@@H](C)C2CC2)C3)s1. The van der Waals surface area contributed by atoms with Crippen LogP contribution < -0.4 is 10.6 Å². The number of fused-ring (bicyclic) bond motifs is 1. The van der Waals surface area contributed by atoms with E-state index in [1.165, 1.54) is 25.2 Å². The van der Waals surface area contributed by atoms with Crippen LogP contribution in [0.4, 0.5) is 10.8 Å². The van der Waals surface area contributed by atoms with Crippen molar-refractivity contribution in [1.82, 2.24) is 9.88 Å². The maximum atomic E-state index is 13.1. The highest BCUT2D eigenvalue weighted by Gasteiger charge is 2.40. The molecule has 0 radical (unpaired) electrons. The summed E-state index contributed by atoms with van der Waals surface area (Å²) in [5.74, 6) is 0.162. The zero-order valence-corrected chi connectivity index (χ0v) is 17.8. The van der Waals surface area contributed by atoms with Crippen molar-refractivity contribution in [2.75, 3.05) is 10.6 Å². The molecule has 1 atom stereocenters. The van der Waals surface area contributed by atoms with Crippen molar-refractivity contribution in [1.29, 1.82) is 0 Å². The van der Waals surface area contributed by atoms with Crippen molar-refractivity contribution < 1.29 is 14.4 Å². The number of anilines is 2. The lowest BCUT2D eigenvalue weighted by Gasteiger charge is -2.24. The molecule has 1 saturated carbocycles. The Labute approximate surface area is 173 Å². The number of hydrogen-bond acceptors (Lipinski definition) is 5. The van der Waals surface area contributed by atoms with Crippen LogP contribution in [0.15, 0.2) is 12.1 Å². The van der Waals surface area contributed by atoms with Crippen molar-refractivity contribution in [2.45, 2.75) is 53.1 Å². The molecular formula is C21H24N4O3S. The van der Waals surface area contributed by atoms with Gasteiger partial charge in [0.2, 0.25) is 11.8 Å². The number of carbonyl (C=O) groups excluding carboxylic acids is 3. The standard InChI is InChI=1S/C21H24N4O3S/c1-10-19(29-21(22-10)24-13(4)27)15-7-16-9-25(11(2)14-5-6-14)20(28)18(16)17(8-15)23-12(3)26/h7-8,11,14H,5-6,9H2,1-4H3,(H,23,26)(H,22,24,27)/t11-/m0/s1. The molecule has 1 aromatic heterocycles. The first kappa shape index (κ1) is 19.6. The number of aromatic nitrogens is 1. The lowest BCUT2D eigenvalue weighted by molar-refractivity contribution is -0.115. The Morgan fingerprint density at radius 3 is 2.52 bits per heavy atom. The molecule has 0 saturated heterocycles. The van der Waals surface area contributed by atoms with E-state index in [9.17, 15) is 14.4 Å². The maximum absolute atomic E-state index is 13.1. The first-order valence-corrected chi connectivity index (χ1v) is 10.6. The Morgan fingerprint density at radius 2 is 1.90 bits per heavy atom. The van der Waals surface area contributed by atoms with Gasteiger partial charge in [-0.3, -0.25) is 14.4 Å². The summed E-state index contributed by atoms with van der Waals surface area (Å²) < 4.78 is 0. The quantitative estimate of drug-likeness (QED) is 0.782. The van der Waals surface area contributed by atoms with E-state index in [-0.39, 0.29) is 23.8 Å². The van der Waals surface area contributed by atoms with E-state index in [1.54, 1.807) is 0 Å². The molecule has 0 spiro atoms. The van der Waals surface area contributed by atoms with Crippen LogP contribution in [-0.2, 0) is 16.1 Å². The van der Waals surface area contributed by atoms with E-state index in [2.05, 4.69) is 22.5 Å². The predicted octanol–water partition coefficient (Wildman–Crippen LogP) is 3.79. The molecule has 2 N–H and O–H groups in total. The second kappa shape index (κ2) is 7.26. The summed E-state index contributed by atoms with van der Waals surface area (Å²) >= 11 is 1.38. The van der Waals surface area contributed by atoms with Crippen LogP contribution in [0.3, 0.4) is 0 Å². The fraction of sp³-hybridized carbons (Fsp3) is 0.429. The van der Waals surface area contributed by atoms with E-state index in [0.29, 0.717) is 28.8 Å². The Kier molecular flexibility index (Phi) is 4.90. The molecule has 0 unspecified atom stereocenters. The highest BCUT2D eigenvalue weighted by Crippen LogP contribution is 2.42. The first-order valence-electron chi connectivity index (χ1n) is 9.75. The van der Waals surface area contributed by atoms with E-state index in [0.717, 1.165) is 34.5 Å². The minimum absolute atomic E-state index is 0.0188. The molecule has 2 aliphatic rings. The number of thiazole rings is 1. The third-order valence-corrected chi connectivity index (χ3v) is 6.61. The number of hydrogen-bond donors (Lipinski definition) is 2. The third kappa shape index (κ3) is 3.76. The number of rotatable bonds is 5. The molecule has 3 amide bonds. The topological polar surface area (TPSA) is 91.4 Å². The van der Waals surface area contributed by atoms with Gasteiger partial charge < -0.3 is 15.5 Å². The van der Waals surface area contributed by atoms with E-state index in [4.69, 9.17) is 0 Å². The first-order chi connectivity index (χ1) is 13.7. The minimum atomic E-state index is -0.217.